The predicted molar refractivity (Wildman–Crippen MR) is 87.1 cm³/mol. The molecular weight excluding hydrogens is 294 g/mol. The van der Waals surface area contributed by atoms with Crippen molar-refractivity contribution in [3.05, 3.63) is 23.7 Å². The Bertz CT molecular complexity index is 535. The maximum atomic E-state index is 12.7. The van der Waals surface area contributed by atoms with Crippen LogP contribution in [0.2, 0.25) is 0 Å². The van der Waals surface area contributed by atoms with Crippen LogP contribution in [0.25, 0.3) is 0 Å². The molecule has 0 bridgehead atoms. The lowest BCUT2D eigenvalue weighted by molar-refractivity contribution is -0.0715. The van der Waals surface area contributed by atoms with E-state index >= 15 is 0 Å². The molecule has 3 rings (SSSR count). The van der Waals surface area contributed by atoms with Crippen molar-refractivity contribution in [3.63, 3.8) is 0 Å². The first-order chi connectivity index (χ1) is 11.1. The van der Waals surface area contributed by atoms with E-state index in [4.69, 9.17) is 14.9 Å². The molecule has 3 atom stereocenters. The maximum absolute atomic E-state index is 12.7. The summed E-state index contributed by atoms with van der Waals surface area (Å²) in [7, 11) is 0. The summed E-state index contributed by atoms with van der Waals surface area (Å²) in [4.78, 5) is 17.1. The van der Waals surface area contributed by atoms with Crippen molar-refractivity contribution in [2.75, 3.05) is 26.2 Å². The summed E-state index contributed by atoms with van der Waals surface area (Å²) in [6.07, 6.45) is 2.61. The highest BCUT2D eigenvalue weighted by Crippen LogP contribution is 2.23. The molecule has 23 heavy (non-hydrogen) atoms. The zero-order valence-corrected chi connectivity index (χ0v) is 14.0. The largest absolute Gasteiger partial charge is 0.455 e. The summed E-state index contributed by atoms with van der Waals surface area (Å²) in [5, 5.41) is 0. The summed E-state index contributed by atoms with van der Waals surface area (Å²) in [5.41, 5.74) is 5.56. The molecule has 1 amide bonds. The molecule has 2 fully saturated rings. The highest BCUT2D eigenvalue weighted by Gasteiger charge is 2.33. The van der Waals surface area contributed by atoms with Crippen LogP contribution in [-0.2, 0) is 11.3 Å². The van der Waals surface area contributed by atoms with Gasteiger partial charge in [0.25, 0.3) is 5.91 Å². The number of furan rings is 1. The molecule has 2 aliphatic rings. The fourth-order valence-corrected chi connectivity index (χ4v) is 3.77. The van der Waals surface area contributed by atoms with E-state index in [1.54, 1.807) is 12.1 Å². The number of hydrogen-bond donors (Lipinski definition) is 1. The molecule has 1 aromatic heterocycles. The van der Waals surface area contributed by atoms with E-state index in [2.05, 4.69) is 18.7 Å². The van der Waals surface area contributed by atoms with Crippen LogP contribution in [0, 0.1) is 0 Å². The molecule has 0 unspecified atom stereocenters. The summed E-state index contributed by atoms with van der Waals surface area (Å²) in [5.74, 6) is 1.04. The highest BCUT2D eigenvalue weighted by atomic mass is 16.5. The number of carbonyl (C=O) groups is 1. The number of nitrogens with two attached hydrogens (primary N) is 1. The van der Waals surface area contributed by atoms with Crippen molar-refractivity contribution >= 4 is 5.91 Å². The molecule has 0 aromatic carbocycles. The topological polar surface area (TPSA) is 71.9 Å². The van der Waals surface area contributed by atoms with Crippen LogP contribution in [-0.4, -0.2) is 60.1 Å². The third-order valence-electron chi connectivity index (χ3n) is 4.68. The molecule has 6 nitrogen and oxygen atoms in total. The number of likely N-dealkylation sites (tertiary alicyclic amines) is 1. The second kappa shape index (κ2) is 7.03. The summed E-state index contributed by atoms with van der Waals surface area (Å²) >= 11 is 0. The third kappa shape index (κ3) is 3.76. The number of ether oxygens (including phenoxy) is 1. The van der Waals surface area contributed by atoms with Crippen LogP contribution in [0.4, 0.5) is 0 Å². The Morgan fingerprint density at radius 1 is 1.30 bits per heavy atom. The maximum Gasteiger partial charge on any atom is 0.289 e. The Balaban J connectivity index is 1.64. The van der Waals surface area contributed by atoms with Crippen molar-refractivity contribution in [2.45, 2.75) is 51.5 Å². The smallest absolute Gasteiger partial charge is 0.289 e. The lowest BCUT2D eigenvalue weighted by Crippen LogP contribution is -2.50. The molecule has 1 aromatic rings. The highest BCUT2D eigenvalue weighted by molar-refractivity contribution is 5.92. The molecule has 3 heterocycles. The Hall–Kier alpha value is -1.37. The Morgan fingerprint density at radius 2 is 2.04 bits per heavy atom. The Kier molecular flexibility index (Phi) is 5.04. The van der Waals surface area contributed by atoms with Gasteiger partial charge in [-0.25, -0.2) is 0 Å². The monoisotopic (exact) mass is 321 g/mol. The number of rotatable bonds is 4. The molecule has 0 spiro atoms. The number of hydrogen-bond acceptors (Lipinski definition) is 5. The summed E-state index contributed by atoms with van der Waals surface area (Å²) in [6.45, 7) is 8.11. The first-order valence-electron chi connectivity index (χ1n) is 8.54. The zero-order valence-electron chi connectivity index (χ0n) is 14.0. The van der Waals surface area contributed by atoms with Gasteiger partial charge in [0.1, 0.15) is 5.76 Å². The number of nitrogens with zero attached hydrogens (tertiary/aromatic N) is 2. The van der Waals surface area contributed by atoms with E-state index in [0.29, 0.717) is 18.1 Å². The van der Waals surface area contributed by atoms with Gasteiger partial charge in [0.05, 0.1) is 18.8 Å². The van der Waals surface area contributed by atoms with E-state index in [-0.39, 0.29) is 24.2 Å². The Labute approximate surface area is 137 Å². The second-order valence-electron chi connectivity index (χ2n) is 6.74. The number of morpholine rings is 1. The van der Waals surface area contributed by atoms with Gasteiger partial charge in [-0.3, -0.25) is 9.69 Å². The van der Waals surface area contributed by atoms with Gasteiger partial charge in [0.2, 0.25) is 0 Å². The molecule has 0 radical (unpaired) electrons. The molecule has 2 saturated heterocycles. The normalized spacial score (nSPS) is 29.2. The molecule has 2 N–H and O–H groups in total. The number of amides is 1. The van der Waals surface area contributed by atoms with Crippen LogP contribution >= 0.6 is 0 Å². The second-order valence-corrected chi connectivity index (χ2v) is 6.74. The lowest BCUT2D eigenvalue weighted by Gasteiger charge is -2.38. The predicted octanol–water partition coefficient (Wildman–Crippen LogP) is 1.45. The van der Waals surface area contributed by atoms with Gasteiger partial charge in [0, 0.05) is 32.2 Å². The molecule has 128 valence electrons. The van der Waals surface area contributed by atoms with Crippen molar-refractivity contribution in [3.8, 4) is 0 Å². The first-order valence-corrected chi connectivity index (χ1v) is 8.54. The molecule has 0 aliphatic carbocycles. The average Bonchev–Trinajstić information content (AvgIpc) is 3.14. The van der Waals surface area contributed by atoms with Gasteiger partial charge in [-0.05, 0) is 38.8 Å². The molecule has 2 aliphatic heterocycles. The van der Waals surface area contributed by atoms with E-state index < -0.39 is 0 Å². The first kappa shape index (κ1) is 16.5. The number of carbonyl (C=O) groups excluding carboxylic acids is 1. The fourth-order valence-electron chi connectivity index (χ4n) is 3.77. The van der Waals surface area contributed by atoms with Crippen LogP contribution in [0.15, 0.2) is 16.5 Å². The van der Waals surface area contributed by atoms with E-state index in [1.165, 1.54) is 0 Å². The van der Waals surface area contributed by atoms with Crippen molar-refractivity contribution in [2.24, 2.45) is 5.73 Å². The minimum absolute atomic E-state index is 0.0124. The minimum Gasteiger partial charge on any atom is -0.455 e. The fraction of sp³-hybridized carbons (Fsp3) is 0.706. The van der Waals surface area contributed by atoms with E-state index in [0.717, 1.165) is 39.0 Å². The van der Waals surface area contributed by atoms with Crippen LogP contribution in [0.3, 0.4) is 0 Å². The van der Waals surface area contributed by atoms with Crippen molar-refractivity contribution in [1.29, 1.82) is 0 Å². The molecule has 6 heteroatoms. The lowest BCUT2D eigenvalue weighted by atomic mass is 10.1. The minimum atomic E-state index is -0.0124. The van der Waals surface area contributed by atoms with Gasteiger partial charge in [0.15, 0.2) is 5.76 Å². The van der Waals surface area contributed by atoms with Crippen LogP contribution < -0.4 is 5.73 Å². The van der Waals surface area contributed by atoms with Gasteiger partial charge < -0.3 is 19.8 Å². The third-order valence-corrected chi connectivity index (χ3v) is 4.68. The SMILES string of the molecule is C[C@@H]1CN(C[C@@H]2CCCN2C(=O)c2ccc(CN)o2)C[C@@H](C)O1. The van der Waals surface area contributed by atoms with Gasteiger partial charge in [-0.2, -0.15) is 0 Å². The van der Waals surface area contributed by atoms with Crippen LogP contribution in [0.1, 0.15) is 43.0 Å². The van der Waals surface area contributed by atoms with Gasteiger partial charge in [-0.15, -0.1) is 0 Å². The van der Waals surface area contributed by atoms with Crippen molar-refractivity contribution < 1.29 is 13.9 Å². The van der Waals surface area contributed by atoms with Gasteiger partial charge >= 0.3 is 0 Å². The van der Waals surface area contributed by atoms with E-state index in [1.807, 2.05) is 4.90 Å². The summed E-state index contributed by atoms with van der Waals surface area (Å²) in [6, 6.07) is 3.77. The average molecular weight is 321 g/mol. The van der Waals surface area contributed by atoms with Gasteiger partial charge in [-0.1, -0.05) is 0 Å². The van der Waals surface area contributed by atoms with Crippen molar-refractivity contribution in [1.82, 2.24) is 9.80 Å². The Morgan fingerprint density at radius 3 is 2.70 bits per heavy atom. The zero-order chi connectivity index (χ0) is 16.4. The molecular formula is C17H27N3O3. The summed E-state index contributed by atoms with van der Waals surface area (Å²) < 4.78 is 11.3. The standard InChI is InChI=1S/C17H27N3O3/c1-12-9-19(10-13(2)22-12)11-14-4-3-7-20(14)17(21)16-6-5-15(8-18)23-16/h5-6,12-14H,3-4,7-11,18H2,1-2H3/t12-,13-,14+/m1/s1. The quantitative estimate of drug-likeness (QED) is 0.909. The van der Waals surface area contributed by atoms with E-state index in [9.17, 15) is 4.79 Å². The van der Waals surface area contributed by atoms with Crippen LogP contribution in [0.5, 0.6) is 0 Å². The molecule has 0 saturated carbocycles.